The highest BCUT2D eigenvalue weighted by molar-refractivity contribution is 7.90. The van der Waals surface area contributed by atoms with Crippen LogP contribution in [0.5, 0.6) is 0 Å². The van der Waals surface area contributed by atoms with Crippen LogP contribution in [0.1, 0.15) is 5.82 Å². The van der Waals surface area contributed by atoms with E-state index in [0.29, 0.717) is 16.8 Å². The molecule has 9 nitrogen and oxygen atoms in total. The second-order valence-electron chi connectivity index (χ2n) is 5.55. The number of hydrogen-bond donors (Lipinski definition) is 1. The van der Waals surface area contributed by atoms with Crippen molar-refractivity contribution >= 4 is 21.2 Å². The molecule has 3 heterocycles. The first-order chi connectivity index (χ1) is 12.4. The molecule has 0 spiro atoms. The number of hydrogen-bond acceptors (Lipinski definition) is 8. The van der Waals surface area contributed by atoms with E-state index in [1.54, 1.807) is 18.3 Å². The number of nitrogens with zero attached hydrogens (tertiary/aromatic N) is 6. The Hall–Kier alpha value is -2.92. The Labute approximate surface area is 152 Å². The van der Waals surface area contributed by atoms with E-state index in [1.807, 2.05) is 23.1 Å². The quantitative estimate of drug-likeness (QED) is 0.568. The van der Waals surface area contributed by atoms with E-state index in [0.717, 1.165) is 17.2 Å². The van der Waals surface area contributed by atoms with Crippen LogP contribution >= 0.6 is 11.3 Å². The average molecular weight is 387 g/mol. The molecule has 0 radical (unpaired) electrons. The van der Waals surface area contributed by atoms with Crippen molar-refractivity contribution in [1.82, 2.24) is 35.2 Å². The average Bonchev–Trinajstić information content (AvgIpc) is 3.34. The van der Waals surface area contributed by atoms with Crippen LogP contribution in [0.4, 0.5) is 0 Å². The van der Waals surface area contributed by atoms with E-state index in [4.69, 9.17) is 0 Å². The topological polar surface area (TPSA) is 119 Å². The summed E-state index contributed by atoms with van der Waals surface area (Å²) in [4.78, 5) is 8.96. The number of aromatic nitrogens is 7. The lowest BCUT2D eigenvalue weighted by Gasteiger charge is -2.09. The van der Waals surface area contributed by atoms with Crippen LogP contribution < -0.4 is 0 Å². The first-order valence-corrected chi connectivity index (χ1v) is 10.3. The molecule has 1 N–H and O–H groups in total. The van der Waals surface area contributed by atoms with E-state index in [9.17, 15) is 8.42 Å². The number of tetrazole rings is 1. The molecule has 0 aliphatic heterocycles. The van der Waals surface area contributed by atoms with Crippen LogP contribution in [0, 0.1) is 6.92 Å². The molecule has 26 heavy (non-hydrogen) atoms. The Morgan fingerprint density at radius 3 is 2.77 bits per heavy atom. The first-order valence-electron chi connectivity index (χ1n) is 7.48. The second-order valence-corrected chi connectivity index (χ2v) is 8.37. The SMILES string of the molecule is Cc1nccn1-c1nc(-c2cccc(S(C)(=O)=O)c2-c2nn[nH]n2)cs1. The zero-order valence-corrected chi connectivity index (χ0v) is 15.4. The van der Waals surface area contributed by atoms with Gasteiger partial charge in [0, 0.05) is 29.6 Å². The number of nitrogens with one attached hydrogen (secondary N) is 1. The smallest absolute Gasteiger partial charge is 0.206 e. The summed E-state index contributed by atoms with van der Waals surface area (Å²) >= 11 is 1.43. The van der Waals surface area contributed by atoms with E-state index in [-0.39, 0.29) is 10.7 Å². The minimum atomic E-state index is -3.49. The van der Waals surface area contributed by atoms with Gasteiger partial charge in [0.1, 0.15) is 5.82 Å². The lowest BCUT2D eigenvalue weighted by atomic mass is 10.0. The van der Waals surface area contributed by atoms with Gasteiger partial charge in [0.25, 0.3) is 0 Å². The van der Waals surface area contributed by atoms with E-state index >= 15 is 0 Å². The summed E-state index contributed by atoms with van der Waals surface area (Å²) in [6.45, 7) is 1.89. The van der Waals surface area contributed by atoms with Gasteiger partial charge in [0.15, 0.2) is 15.0 Å². The molecule has 3 aromatic heterocycles. The van der Waals surface area contributed by atoms with Crippen molar-refractivity contribution < 1.29 is 8.42 Å². The van der Waals surface area contributed by atoms with Crippen molar-refractivity contribution in [1.29, 1.82) is 0 Å². The fourth-order valence-corrected chi connectivity index (χ4v) is 4.38. The summed E-state index contributed by atoms with van der Waals surface area (Å²) in [5, 5.41) is 16.4. The molecule has 0 atom stereocenters. The molecule has 132 valence electrons. The van der Waals surface area contributed by atoms with Crippen LogP contribution in [0.3, 0.4) is 0 Å². The van der Waals surface area contributed by atoms with E-state index < -0.39 is 9.84 Å². The largest absolute Gasteiger partial charge is 0.279 e. The predicted octanol–water partition coefficient (Wildman–Crippen LogP) is 1.89. The van der Waals surface area contributed by atoms with Crippen LogP contribution in [0.15, 0.2) is 40.9 Å². The zero-order chi connectivity index (χ0) is 18.3. The minimum absolute atomic E-state index is 0.129. The van der Waals surface area contributed by atoms with E-state index in [1.165, 1.54) is 17.4 Å². The van der Waals surface area contributed by atoms with Gasteiger partial charge in [-0.2, -0.15) is 5.21 Å². The van der Waals surface area contributed by atoms with Crippen molar-refractivity contribution in [3.8, 4) is 27.8 Å². The number of H-pyrrole nitrogens is 1. The molecule has 0 amide bonds. The minimum Gasteiger partial charge on any atom is -0.279 e. The number of imidazole rings is 1. The maximum absolute atomic E-state index is 12.3. The normalized spacial score (nSPS) is 11.8. The Morgan fingerprint density at radius 1 is 1.27 bits per heavy atom. The van der Waals surface area contributed by atoms with Crippen molar-refractivity contribution in [3.63, 3.8) is 0 Å². The number of aromatic amines is 1. The summed E-state index contributed by atoms with van der Waals surface area (Å²) < 4.78 is 26.4. The van der Waals surface area contributed by atoms with Crippen molar-refractivity contribution in [2.75, 3.05) is 6.26 Å². The Bertz CT molecular complexity index is 1180. The summed E-state index contributed by atoms with van der Waals surface area (Å²) in [6.07, 6.45) is 4.67. The highest BCUT2D eigenvalue weighted by Crippen LogP contribution is 2.36. The van der Waals surface area contributed by atoms with Crippen LogP contribution in [-0.4, -0.2) is 49.8 Å². The Balaban J connectivity index is 1.93. The first kappa shape index (κ1) is 16.5. The van der Waals surface area contributed by atoms with Crippen molar-refractivity contribution in [2.45, 2.75) is 11.8 Å². The molecule has 0 saturated carbocycles. The number of thiazole rings is 1. The molecular formula is C15H13N7O2S2. The maximum atomic E-state index is 12.3. The third kappa shape index (κ3) is 2.80. The molecule has 0 bridgehead atoms. The van der Waals surface area contributed by atoms with Crippen LogP contribution in [-0.2, 0) is 9.84 Å². The summed E-state index contributed by atoms with van der Waals surface area (Å²) in [7, 11) is -3.49. The van der Waals surface area contributed by atoms with Gasteiger partial charge in [-0.1, -0.05) is 12.1 Å². The van der Waals surface area contributed by atoms with Crippen LogP contribution in [0.25, 0.3) is 27.8 Å². The lowest BCUT2D eigenvalue weighted by molar-refractivity contribution is 0.602. The molecule has 4 rings (SSSR count). The number of sulfone groups is 1. The molecule has 11 heteroatoms. The fourth-order valence-electron chi connectivity index (χ4n) is 2.63. The standard InChI is InChI=1S/C15H13N7O2S2/c1-9-16-6-7-22(9)15-17-11(8-25-15)10-4-3-5-12(26(2,23)24)13(10)14-18-20-21-19-14/h3-8H,1-2H3,(H,18,19,20,21). The highest BCUT2D eigenvalue weighted by Gasteiger charge is 2.23. The molecule has 4 aromatic rings. The monoisotopic (exact) mass is 387 g/mol. The van der Waals surface area contributed by atoms with Gasteiger partial charge in [0.05, 0.1) is 16.2 Å². The third-order valence-corrected chi connectivity index (χ3v) is 5.77. The maximum Gasteiger partial charge on any atom is 0.206 e. The zero-order valence-electron chi connectivity index (χ0n) is 13.8. The van der Waals surface area contributed by atoms with Gasteiger partial charge in [-0.05, 0) is 18.2 Å². The second kappa shape index (κ2) is 6.11. The molecule has 0 aliphatic carbocycles. The van der Waals surface area contributed by atoms with Gasteiger partial charge < -0.3 is 0 Å². The van der Waals surface area contributed by atoms with Crippen LogP contribution in [0.2, 0.25) is 0 Å². The third-order valence-electron chi connectivity index (χ3n) is 3.79. The summed E-state index contributed by atoms with van der Waals surface area (Å²) in [5.41, 5.74) is 1.63. The molecule has 1 aromatic carbocycles. The van der Waals surface area contributed by atoms with Crippen molar-refractivity contribution in [3.05, 3.63) is 41.8 Å². The predicted molar refractivity (Wildman–Crippen MR) is 95.7 cm³/mol. The summed E-state index contributed by atoms with van der Waals surface area (Å²) in [6, 6.07) is 4.99. The van der Waals surface area contributed by atoms with Gasteiger partial charge in [-0.15, -0.1) is 21.5 Å². The van der Waals surface area contributed by atoms with Gasteiger partial charge >= 0.3 is 0 Å². The number of aryl methyl sites for hydroxylation is 1. The molecule has 0 fully saturated rings. The molecule has 0 unspecified atom stereocenters. The summed E-state index contributed by atoms with van der Waals surface area (Å²) in [5.74, 6) is 1.02. The lowest BCUT2D eigenvalue weighted by Crippen LogP contribution is -2.03. The molecular weight excluding hydrogens is 374 g/mol. The van der Waals surface area contributed by atoms with Crippen molar-refractivity contribution in [2.24, 2.45) is 0 Å². The van der Waals surface area contributed by atoms with Gasteiger partial charge in [-0.3, -0.25) is 4.57 Å². The molecule has 0 aliphatic rings. The van der Waals surface area contributed by atoms with Gasteiger partial charge in [-0.25, -0.2) is 18.4 Å². The molecule has 0 saturated heterocycles. The Kier molecular flexibility index (Phi) is 3.89. The Morgan fingerprint density at radius 2 is 2.12 bits per heavy atom. The highest BCUT2D eigenvalue weighted by atomic mass is 32.2. The van der Waals surface area contributed by atoms with E-state index in [2.05, 4.69) is 30.6 Å². The van der Waals surface area contributed by atoms with Gasteiger partial charge in [0.2, 0.25) is 5.82 Å². The number of rotatable bonds is 4. The number of benzene rings is 1. The fraction of sp³-hybridized carbons (Fsp3) is 0.133.